The lowest BCUT2D eigenvalue weighted by Gasteiger charge is -2.20. The second kappa shape index (κ2) is 10.2. The van der Waals surface area contributed by atoms with Crippen molar-refractivity contribution in [3.8, 4) is 17.2 Å². The molecule has 2 aromatic rings. The van der Waals surface area contributed by atoms with Crippen LogP contribution in [0.25, 0.3) is 12.2 Å². The molecule has 2 N–H and O–H groups in total. The van der Waals surface area contributed by atoms with E-state index in [9.17, 15) is 14.7 Å². The van der Waals surface area contributed by atoms with Crippen molar-refractivity contribution < 1.29 is 34.0 Å². The van der Waals surface area contributed by atoms with E-state index in [1.165, 1.54) is 0 Å². The van der Waals surface area contributed by atoms with Gasteiger partial charge in [-0.05, 0) is 63.1 Å². The zero-order valence-corrected chi connectivity index (χ0v) is 19.0. The summed E-state index contributed by atoms with van der Waals surface area (Å²) < 4.78 is 16.6. The number of carbonyl (C=O) groups is 2. The van der Waals surface area contributed by atoms with Gasteiger partial charge in [0.2, 0.25) is 0 Å². The van der Waals surface area contributed by atoms with E-state index in [-0.39, 0.29) is 13.2 Å². The van der Waals surface area contributed by atoms with Gasteiger partial charge in [0.05, 0.1) is 17.9 Å². The van der Waals surface area contributed by atoms with Gasteiger partial charge < -0.3 is 24.4 Å². The minimum atomic E-state index is -1.01. The summed E-state index contributed by atoms with van der Waals surface area (Å²) in [5, 5.41) is 18.4. The first-order chi connectivity index (χ1) is 14.9. The van der Waals surface area contributed by atoms with E-state index in [0.29, 0.717) is 17.2 Å². The monoisotopic (exact) mass is 442 g/mol. The summed E-state index contributed by atoms with van der Waals surface area (Å²) in [7, 11) is 1.55. The molecule has 172 valence electrons. The average molecular weight is 443 g/mol. The van der Waals surface area contributed by atoms with Crippen molar-refractivity contribution >= 4 is 24.1 Å². The maximum absolute atomic E-state index is 11.3. The fraction of sp³-hybridized carbons (Fsp3) is 0.360. The molecule has 0 saturated carbocycles. The highest BCUT2D eigenvalue weighted by Gasteiger charge is 2.29. The lowest BCUT2D eigenvalue weighted by Crippen LogP contribution is -2.30. The molecule has 0 aromatic heterocycles. The van der Waals surface area contributed by atoms with Crippen LogP contribution in [0.2, 0.25) is 0 Å². The molecule has 7 nitrogen and oxygen atoms in total. The number of hydrogen-bond acceptors (Lipinski definition) is 5. The van der Waals surface area contributed by atoms with Crippen molar-refractivity contribution in [3.05, 3.63) is 53.6 Å². The Hall–Kier alpha value is -3.48. The maximum atomic E-state index is 11.3. The van der Waals surface area contributed by atoms with Crippen LogP contribution in [0.3, 0.4) is 0 Å². The van der Waals surface area contributed by atoms with Gasteiger partial charge >= 0.3 is 11.9 Å². The Bertz CT molecular complexity index is 972. The number of aliphatic carboxylic acids is 2. The molecule has 0 fully saturated rings. The first-order valence-electron chi connectivity index (χ1n) is 10.1. The lowest BCUT2D eigenvalue weighted by atomic mass is 9.95. The molecule has 0 bridgehead atoms. The van der Waals surface area contributed by atoms with Crippen LogP contribution in [0, 0.1) is 10.8 Å². The number of carboxylic acids is 2. The van der Waals surface area contributed by atoms with Gasteiger partial charge in [0.1, 0.15) is 30.5 Å². The molecule has 0 saturated heterocycles. The van der Waals surface area contributed by atoms with Crippen molar-refractivity contribution in [2.24, 2.45) is 10.8 Å². The van der Waals surface area contributed by atoms with Gasteiger partial charge in [0, 0.05) is 6.07 Å². The van der Waals surface area contributed by atoms with Crippen LogP contribution in [-0.2, 0) is 9.59 Å². The molecule has 0 heterocycles. The highest BCUT2D eigenvalue weighted by Crippen LogP contribution is 2.27. The smallest absolute Gasteiger partial charge is 0.312 e. The summed E-state index contributed by atoms with van der Waals surface area (Å²) in [6, 6.07) is 12.7. The Labute approximate surface area is 188 Å². The van der Waals surface area contributed by atoms with Crippen molar-refractivity contribution in [3.63, 3.8) is 0 Å². The van der Waals surface area contributed by atoms with Gasteiger partial charge in [-0.15, -0.1) is 0 Å². The van der Waals surface area contributed by atoms with Crippen molar-refractivity contribution in [2.75, 3.05) is 20.3 Å². The van der Waals surface area contributed by atoms with Crippen LogP contribution in [0.15, 0.2) is 42.5 Å². The first kappa shape index (κ1) is 24.8. The Morgan fingerprint density at radius 2 is 1.22 bits per heavy atom. The van der Waals surface area contributed by atoms with Crippen LogP contribution in [0.1, 0.15) is 38.8 Å². The molecule has 0 radical (unpaired) electrons. The fourth-order valence-corrected chi connectivity index (χ4v) is 2.41. The molecule has 0 aliphatic carbocycles. The predicted octanol–water partition coefficient (Wildman–Crippen LogP) is 4.84. The third kappa shape index (κ3) is 7.04. The van der Waals surface area contributed by atoms with E-state index in [1.807, 2.05) is 36.4 Å². The Kier molecular flexibility index (Phi) is 7.92. The number of ether oxygens (including phenoxy) is 3. The van der Waals surface area contributed by atoms with Crippen LogP contribution in [-0.4, -0.2) is 42.5 Å². The van der Waals surface area contributed by atoms with E-state index < -0.39 is 22.8 Å². The number of methoxy groups -OCH3 is 1. The van der Waals surface area contributed by atoms with Gasteiger partial charge in [0.15, 0.2) is 0 Å². The standard InChI is InChI=1S/C25H30O7/c1-24(2,22(26)27)15-31-19-10-8-17(9-11-19)6-7-18-12-20(30-5)14-21(13-18)32-16-25(3,4)23(28)29/h6-14H,15-16H2,1-5H3,(H,26,27)(H,28,29)/b7-6+. The SMILES string of the molecule is COc1cc(/C=C/c2ccc(OCC(C)(C)C(=O)O)cc2)cc(OCC(C)(C)C(=O)O)c1. The third-order valence-corrected chi connectivity index (χ3v) is 4.84. The molecule has 0 amide bonds. The van der Waals surface area contributed by atoms with E-state index in [2.05, 4.69) is 0 Å². The van der Waals surface area contributed by atoms with E-state index in [4.69, 9.17) is 19.3 Å². The number of hydrogen-bond donors (Lipinski definition) is 2. The highest BCUT2D eigenvalue weighted by molar-refractivity contribution is 5.74. The molecule has 0 unspecified atom stereocenters. The van der Waals surface area contributed by atoms with Crippen LogP contribution in [0.5, 0.6) is 17.2 Å². The summed E-state index contributed by atoms with van der Waals surface area (Å²) in [4.78, 5) is 22.5. The van der Waals surface area contributed by atoms with Crippen LogP contribution >= 0.6 is 0 Å². The largest absolute Gasteiger partial charge is 0.497 e. The van der Waals surface area contributed by atoms with E-state index >= 15 is 0 Å². The van der Waals surface area contributed by atoms with Crippen molar-refractivity contribution in [2.45, 2.75) is 27.7 Å². The Morgan fingerprint density at radius 1 is 0.750 bits per heavy atom. The van der Waals surface area contributed by atoms with Gasteiger partial charge in [0.25, 0.3) is 0 Å². The summed E-state index contributed by atoms with van der Waals surface area (Å²) in [6.45, 7) is 6.53. The van der Waals surface area contributed by atoms with Gasteiger partial charge in [-0.3, -0.25) is 9.59 Å². The molecule has 0 aliphatic rings. The van der Waals surface area contributed by atoms with Crippen LogP contribution in [0.4, 0.5) is 0 Å². The summed E-state index contributed by atoms with van der Waals surface area (Å²) in [5.74, 6) is -0.137. The van der Waals surface area contributed by atoms with Crippen molar-refractivity contribution in [1.29, 1.82) is 0 Å². The highest BCUT2D eigenvalue weighted by atomic mass is 16.5. The Balaban J connectivity index is 2.08. The van der Waals surface area contributed by atoms with Gasteiger partial charge in [-0.1, -0.05) is 24.3 Å². The summed E-state index contributed by atoms with van der Waals surface area (Å²) >= 11 is 0. The minimum absolute atomic E-state index is 0.0266. The second-order valence-electron chi connectivity index (χ2n) is 8.80. The molecule has 0 aliphatic heterocycles. The maximum Gasteiger partial charge on any atom is 0.312 e. The predicted molar refractivity (Wildman–Crippen MR) is 122 cm³/mol. The Morgan fingerprint density at radius 3 is 1.72 bits per heavy atom. The molecular weight excluding hydrogens is 412 g/mol. The molecule has 7 heteroatoms. The quantitative estimate of drug-likeness (QED) is 0.480. The molecule has 32 heavy (non-hydrogen) atoms. The fourth-order valence-electron chi connectivity index (χ4n) is 2.41. The summed E-state index contributed by atoms with van der Waals surface area (Å²) in [5.41, 5.74) is -0.226. The second-order valence-corrected chi connectivity index (χ2v) is 8.80. The van der Waals surface area contributed by atoms with Crippen LogP contribution < -0.4 is 14.2 Å². The average Bonchev–Trinajstić information content (AvgIpc) is 2.75. The molecular formula is C25H30O7. The number of rotatable bonds is 11. The topological polar surface area (TPSA) is 102 Å². The number of carboxylic acid groups (broad SMARTS) is 2. The molecule has 0 atom stereocenters. The van der Waals surface area contributed by atoms with Gasteiger partial charge in [-0.2, -0.15) is 0 Å². The van der Waals surface area contributed by atoms with E-state index in [1.54, 1.807) is 53.0 Å². The van der Waals surface area contributed by atoms with Crippen molar-refractivity contribution in [1.82, 2.24) is 0 Å². The van der Waals surface area contributed by atoms with Gasteiger partial charge in [-0.25, -0.2) is 0 Å². The zero-order valence-electron chi connectivity index (χ0n) is 19.0. The number of benzene rings is 2. The zero-order chi connectivity index (χ0) is 23.9. The molecule has 2 aromatic carbocycles. The lowest BCUT2D eigenvalue weighted by molar-refractivity contribution is -0.149. The molecule has 2 rings (SSSR count). The normalized spacial score (nSPS) is 11.9. The summed E-state index contributed by atoms with van der Waals surface area (Å²) in [6.07, 6.45) is 3.80. The third-order valence-electron chi connectivity index (χ3n) is 4.84. The molecule has 0 spiro atoms. The minimum Gasteiger partial charge on any atom is -0.497 e. The van der Waals surface area contributed by atoms with E-state index in [0.717, 1.165) is 11.1 Å². The first-order valence-corrected chi connectivity index (χ1v) is 10.1.